The Hall–Kier alpha value is -3.37. The van der Waals surface area contributed by atoms with Crippen LogP contribution in [-0.2, 0) is 13.0 Å². The predicted octanol–water partition coefficient (Wildman–Crippen LogP) is 3.65. The van der Waals surface area contributed by atoms with E-state index in [0.717, 1.165) is 34.0 Å². The van der Waals surface area contributed by atoms with E-state index in [0.29, 0.717) is 30.2 Å². The molecule has 1 unspecified atom stereocenters. The molecule has 0 amide bonds. The first-order chi connectivity index (χ1) is 16.7. The third-order valence-corrected chi connectivity index (χ3v) is 6.64. The number of aliphatic hydroxyl groups is 2. The van der Waals surface area contributed by atoms with Crippen molar-refractivity contribution in [3.63, 3.8) is 0 Å². The molecule has 1 aliphatic heterocycles. The van der Waals surface area contributed by atoms with Crippen molar-refractivity contribution in [2.75, 3.05) is 29.9 Å². The average Bonchev–Trinajstić information content (AvgIpc) is 3.45. The Morgan fingerprint density at radius 3 is 2.74 bits per heavy atom. The van der Waals surface area contributed by atoms with Gasteiger partial charge in [0.05, 0.1) is 29.0 Å². The molecule has 2 aromatic carbocycles. The lowest BCUT2D eigenvalue weighted by molar-refractivity contribution is -0.0556. The number of β-amino-alcohol motifs (C(OH)–C–C–N with tert-alkyl or cyclic N) is 1. The Morgan fingerprint density at radius 2 is 2.03 bits per heavy atom. The maximum Gasteiger partial charge on any atom is 0.295 e. The van der Waals surface area contributed by atoms with Gasteiger partial charge in [-0.1, -0.05) is 18.2 Å². The van der Waals surface area contributed by atoms with Crippen LogP contribution in [0.5, 0.6) is 0 Å². The SMILES string of the molecule is Cc1nc(NC(C)c2cccc(C(F)(F)CO)c2)c2cc(N3CC[C@@H](O)C3)c3c(cnn3C)c2n1. The molecule has 1 fully saturated rings. The zero-order valence-corrected chi connectivity index (χ0v) is 19.8. The number of fused-ring (bicyclic) bond motifs is 3. The molecular formula is C25H28F2N6O2. The summed E-state index contributed by atoms with van der Waals surface area (Å²) in [6.45, 7) is 3.70. The number of aromatic nitrogens is 4. The third kappa shape index (κ3) is 4.17. The van der Waals surface area contributed by atoms with E-state index in [9.17, 15) is 13.9 Å². The summed E-state index contributed by atoms with van der Waals surface area (Å²) in [5.41, 5.74) is 3.03. The van der Waals surface area contributed by atoms with Crippen LogP contribution in [0.1, 0.15) is 36.3 Å². The van der Waals surface area contributed by atoms with Gasteiger partial charge in [0.2, 0.25) is 0 Å². The molecule has 3 heterocycles. The van der Waals surface area contributed by atoms with E-state index in [1.54, 1.807) is 18.3 Å². The number of aryl methyl sites for hydroxylation is 2. The van der Waals surface area contributed by atoms with Crippen LogP contribution in [-0.4, -0.2) is 55.8 Å². The monoisotopic (exact) mass is 482 g/mol. The van der Waals surface area contributed by atoms with Crippen molar-refractivity contribution in [2.24, 2.45) is 7.05 Å². The van der Waals surface area contributed by atoms with Crippen LogP contribution in [0.25, 0.3) is 21.8 Å². The number of benzene rings is 2. The van der Waals surface area contributed by atoms with Gasteiger partial charge in [-0.15, -0.1) is 0 Å². The second-order valence-corrected chi connectivity index (χ2v) is 9.18. The lowest BCUT2D eigenvalue weighted by Gasteiger charge is -2.22. The van der Waals surface area contributed by atoms with Crippen molar-refractivity contribution in [3.8, 4) is 0 Å². The van der Waals surface area contributed by atoms with E-state index in [1.165, 1.54) is 12.1 Å². The topological polar surface area (TPSA) is 99.3 Å². The Bertz CT molecular complexity index is 1410. The fraction of sp³-hybridized carbons (Fsp3) is 0.400. The zero-order valence-electron chi connectivity index (χ0n) is 19.8. The minimum Gasteiger partial charge on any atom is -0.391 e. The highest BCUT2D eigenvalue weighted by Gasteiger charge is 2.31. The van der Waals surface area contributed by atoms with Gasteiger partial charge in [-0.3, -0.25) is 4.68 Å². The van der Waals surface area contributed by atoms with Crippen LogP contribution in [0.4, 0.5) is 20.3 Å². The van der Waals surface area contributed by atoms with Crippen molar-refractivity contribution in [3.05, 3.63) is 53.5 Å². The normalized spacial score (nSPS) is 17.5. The molecule has 1 saturated heterocycles. The molecule has 0 bridgehead atoms. The van der Waals surface area contributed by atoms with Crippen LogP contribution < -0.4 is 10.2 Å². The molecule has 0 aliphatic carbocycles. The Morgan fingerprint density at radius 1 is 1.23 bits per heavy atom. The lowest BCUT2D eigenvalue weighted by Crippen LogP contribution is -2.22. The van der Waals surface area contributed by atoms with Gasteiger partial charge in [0, 0.05) is 42.5 Å². The third-order valence-electron chi connectivity index (χ3n) is 6.64. The first-order valence-electron chi connectivity index (χ1n) is 11.6. The molecule has 0 saturated carbocycles. The number of nitrogens with one attached hydrogen (secondary N) is 1. The zero-order chi connectivity index (χ0) is 24.9. The molecule has 0 radical (unpaired) electrons. The maximum atomic E-state index is 14.1. The Labute approximate surface area is 201 Å². The Balaban J connectivity index is 1.61. The van der Waals surface area contributed by atoms with E-state index in [1.807, 2.05) is 31.6 Å². The molecule has 35 heavy (non-hydrogen) atoms. The summed E-state index contributed by atoms with van der Waals surface area (Å²) in [7, 11) is 1.88. The predicted molar refractivity (Wildman–Crippen MR) is 131 cm³/mol. The lowest BCUT2D eigenvalue weighted by atomic mass is 10.0. The van der Waals surface area contributed by atoms with Gasteiger partial charge in [-0.05, 0) is 38.0 Å². The number of alkyl halides is 2. The summed E-state index contributed by atoms with van der Waals surface area (Å²) in [6.07, 6.45) is 2.09. The van der Waals surface area contributed by atoms with E-state index < -0.39 is 12.5 Å². The standard InChI is InChI=1S/C25H28F2N6O2/c1-14(16-5-4-6-17(9-16)25(26,27)13-34)29-24-19-10-21(33-8-7-18(35)12-33)23-20(11-28-32(23)3)22(19)30-15(2)31-24/h4-6,9-11,14,18,34-35H,7-8,12-13H2,1-3H3,(H,29,30,31)/t14?,18-/m1/s1. The fourth-order valence-corrected chi connectivity index (χ4v) is 4.77. The smallest absolute Gasteiger partial charge is 0.295 e. The van der Waals surface area contributed by atoms with E-state index in [-0.39, 0.29) is 17.7 Å². The Kier molecular flexibility index (Phi) is 5.80. The molecular weight excluding hydrogens is 454 g/mol. The van der Waals surface area contributed by atoms with Crippen LogP contribution in [0.15, 0.2) is 36.5 Å². The quantitative estimate of drug-likeness (QED) is 0.386. The molecule has 3 N–H and O–H groups in total. The number of halogens is 2. The van der Waals surface area contributed by atoms with Crippen molar-refractivity contribution in [2.45, 2.75) is 38.3 Å². The van der Waals surface area contributed by atoms with Crippen LogP contribution in [0, 0.1) is 6.92 Å². The van der Waals surface area contributed by atoms with Crippen molar-refractivity contribution >= 4 is 33.3 Å². The van der Waals surface area contributed by atoms with Gasteiger partial charge in [0.25, 0.3) is 5.92 Å². The number of hydrogen-bond acceptors (Lipinski definition) is 7. The van der Waals surface area contributed by atoms with Crippen molar-refractivity contribution < 1.29 is 19.0 Å². The van der Waals surface area contributed by atoms with Gasteiger partial charge in [-0.25, -0.2) is 9.97 Å². The molecule has 1 aliphatic rings. The van der Waals surface area contributed by atoms with Gasteiger partial charge >= 0.3 is 0 Å². The molecule has 2 aromatic heterocycles. The highest BCUT2D eigenvalue weighted by molar-refractivity contribution is 6.12. The number of nitrogens with zero attached hydrogens (tertiary/aromatic N) is 5. The second kappa shape index (κ2) is 8.69. The van der Waals surface area contributed by atoms with Crippen LogP contribution in [0.2, 0.25) is 0 Å². The van der Waals surface area contributed by atoms with E-state index >= 15 is 0 Å². The number of rotatable bonds is 6. The van der Waals surface area contributed by atoms with Crippen LogP contribution in [0.3, 0.4) is 0 Å². The summed E-state index contributed by atoms with van der Waals surface area (Å²) < 4.78 is 29.9. The molecule has 4 aromatic rings. The van der Waals surface area contributed by atoms with Crippen molar-refractivity contribution in [1.82, 2.24) is 19.7 Å². The van der Waals surface area contributed by atoms with E-state index in [2.05, 4.69) is 20.3 Å². The highest BCUT2D eigenvalue weighted by atomic mass is 19.3. The van der Waals surface area contributed by atoms with Crippen molar-refractivity contribution in [1.29, 1.82) is 0 Å². The summed E-state index contributed by atoms with van der Waals surface area (Å²) in [6, 6.07) is 7.71. The molecule has 0 spiro atoms. The number of aliphatic hydroxyl groups excluding tert-OH is 2. The largest absolute Gasteiger partial charge is 0.391 e. The summed E-state index contributed by atoms with van der Waals surface area (Å²) >= 11 is 0. The first-order valence-corrected chi connectivity index (χ1v) is 11.6. The molecule has 10 heteroatoms. The van der Waals surface area contributed by atoms with E-state index in [4.69, 9.17) is 10.1 Å². The highest BCUT2D eigenvalue weighted by Crippen LogP contribution is 2.38. The average molecular weight is 483 g/mol. The van der Waals surface area contributed by atoms with Gasteiger partial charge in [0.1, 0.15) is 18.2 Å². The van der Waals surface area contributed by atoms with Gasteiger partial charge < -0.3 is 20.4 Å². The maximum absolute atomic E-state index is 14.1. The number of hydrogen-bond donors (Lipinski definition) is 3. The molecule has 184 valence electrons. The summed E-state index contributed by atoms with van der Waals surface area (Å²) in [5.74, 6) is -2.15. The fourth-order valence-electron chi connectivity index (χ4n) is 4.77. The summed E-state index contributed by atoms with van der Waals surface area (Å²) in [5, 5.41) is 28.7. The molecule has 5 rings (SSSR count). The minimum absolute atomic E-state index is 0.234. The summed E-state index contributed by atoms with van der Waals surface area (Å²) in [4.78, 5) is 11.5. The molecule has 8 nitrogen and oxygen atoms in total. The van der Waals surface area contributed by atoms with Crippen LogP contribution >= 0.6 is 0 Å². The first kappa shape index (κ1) is 23.4. The number of anilines is 2. The second-order valence-electron chi connectivity index (χ2n) is 9.18. The van der Waals surface area contributed by atoms with Gasteiger partial charge in [-0.2, -0.15) is 13.9 Å². The molecule has 2 atom stereocenters. The van der Waals surface area contributed by atoms with Gasteiger partial charge in [0.15, 0.2) is 0 Å². The minimum atomic E-state index is -3.31.